The first kappa shape index (κ1) is 22.5. The monoisotopic (exact) mass is 427 g/mol. The number of nitrogens with one attached hydrogen (secondary N) is 1. The van der Waals surface area contributed by atoms with E-state index in [2.05, 4.69) is 48.2 Å². The number of fused-ring (bicyclic) bond motifs is 1. The number of aliphatic hydroxyl groups excluding tert-OH is 1. The summed E-state index contributed by atoms with van der Waals surface area (Å²) in [5, 5.41) is 14.7. The Hall–Kier alpha value is -2.18. The lowest BCUT2D eigenvalue weighted by Crippen LogP contribution is -2.41. The fraction of sp³-hybridized carbons (Fsp3) is 0.500. The molecule has 0 aliphatic rings. The molecule has 30 heavy (non-hydrogen) atoms. The van der Waals surface area contributed by atoms with Gasteiger partial charge in [-0.05, 0) is 48.4 Å². The van der Waals surface area contributed by atoms with Crippen LogP contribution in [0.2, 0.25) is 0 Å². The van der Waals surface area contributed by atoms with Crippen LogP contribution in [0, 0.1) is 5.92 Å². The van der Waals surface area contributed by atoms with Crippen molar-refractivity contribution >= 4 is 28.3 Å². The Labute approximate surface area is 183 Å². The predicted molar refractivity (Wildman–Crippen MR) is 124 cm³/mol. The summed E-state index contributed by atoms with van der Waals surface area (Å²) in [7, 11) is 0. The van der Waals surface area contributed by atoms with Gasteiger partial charge < -0.3 is 15.0 Å². The molecule has 2 N–H and O–H groups in total. The van der Waals surface area contributed by atoms with Crippen LogP contribution in [-0.4, -0.2) is 33.2 Å². The number of amides is 1. The molecule has 0 aliphatic heterocycles. The largest absolute Gasteiger partial charge is 0.394 e. The molecule has 162 valence electrons. The number of carbonyl (C=O) groups excluding carboxylic acids is 1. The van der Waals surface area contributed by atoms with Crippen molar-refractivity contribution in [3.05, 3.63) is 52.0 Å². The molecule has 0 aliphatic carbocycles. The maximum atomic E-state index is 12.8. The second-order valence-corrected chi connectivity index (χ2v) is 9.01. The van der Waals surface area contributed by atoms with Crippen molar-refractivity contribution in [3.63, 3.8) is 0 Å². The number of benzene rings is 1. The Morgan fingerprint density at radius 2 is 1.97 bits per heavy atom. The molecule has 2 aromatic heterocycles. The lowest BCUT2D eigenvalue weighted by Gasteiger charge is -2.22. The Bertz CT molecular complexity index is 960. The molecule has 6 heteroatoms. The molecule has 3 aromatic rings. The fourth-order valence-electron chi connectivity index (χ4n) is 3.95. The van der Waals surface area contributed by atoms with Crippen LogP contribution in [0.5, 0.6) is 0 Å². The summed E-state index contributed by atoms with van der Waals surface area (Å²) in [5.41, 5.74) is 2.51. The van der Waals surface area contributed by atoms with Gasteiger partial charge in [0, 0.05) is 22.9 Å². The smallest absolute Gasteiger partial charge is 0.251 e. The van der Waals surface area contributed by atoms with E-state index in [1.54, 1.807) is 11.3 Å². The number of carbonyl (C=O) groups is 1. The lowest BCUT2D eigenvalue weighted by molar-refractivity contribution is 0.0891. The third kappa shape index (κ3) is 4.76. The van der Waals surface area contributed by atoms with Gasteiger partial charge in [0.1, 0.15) is 5.82 Å². The minimum atomic E-state index is -0.241. The third-order valence-corrected chi connectivity index (χ3v) is 6.97. The topological polar surface area (TPSA) is 67.2 Å². The number of thiophene rings is 1. The average molecular weight is 428 g/mol. The fourth-order valence-corrected chi connectivity index (χ4v) is 4.65. The zero-order chi connectivity index (χ0) is 21.7. The SMILES string of the molecule is CCC(C)C(CO)NC(=O)c1ccc2c(c1)nc(Cc1cccs1)n2C(CC)CC. The molecular formula is C24H33N3O2S. The highest BCUT2D eigenvalue weighted by molar-refractivity contribution is 7.09. The van der Waals surface area contributed by atoms with Gasteiger partial charge >= 0.3 is 0 Å². The zero-order valence-electron chi connectivity index (χ0n) is 18.4. The molecule has 0 radical (unpaired) electrons. The molecule has 2 atom stereocenters. The summed E-state index contributed by atoms with van der Waals surface area (Å²) in [6, 6.07) is 10.1. The van der Waals surface area contributed by atoms with Crippen molar-refractivity contribution in [1.82, 2.24) is 14.9 Å². The molecule has 0 fully saturated rings. The Morgan fingerprint density at radius 1 is 1.20 bits per heavy atom. The van der Waals surface area contributed by atoms with E-state index in [4.69, 9.17) is 4.98 Å². The highest BCUT2D eigenvalue weighted by Crippen LogP contribution is 2.28. The van der Waals surface area contributed by atoms with E-state index in [1.165, 1.54) is 4.88 Å². The second kappa shape index (κ2) is 10.2. The minimum absolute atomic E-state index is 0.0583. The predicted octanol–water partition coefficient (Wildman–Crippen LogP) is 5.19. The highest BCUT2D eigenvalue weighted by atomic mass is 32.1. The number of imidazole rings is 1. The molecule has 0 saturated heterocycles. The first-order valence-electron chi connectivity index (χ1n) is 11.0. The summed E-state index contributed by atoms with van der Waals surface area (Å²) < 4.78 is 2.35. The maximum Gasteiger partial charge on any atom is 0.251 e. The first-order chi connectivity index (χ1) is 14.5. The van der Waals surface area contributed by atoms with Crippen LogP contribution in [-0.2, 0) is 6.42 Å². The van der Waals surface area contributed by atoms with Gasteiger partial charge in [-0.3, -0.25) is 4.79 Å². The molecule has 2 unspecified atom stereocenters. The number of hydrogen-bond donors (Lipinski definition) is 2. The minimum Gasteiger partial charge on any atom is -0.394 e. The van der Waals surface area contributed by atoms with E-state index >= 15 is 0 Å². The normalized spacial score (nSPS) is 13.7. The molecule has 1 amide bonds. The van der Waals surface area contributed by atoms with Crippen molar-refractivity contribution in [2.45, 2.75) is 65.5 Å². The summed E-state index contributed by atoms with van der Waals surface area (Å²) in [6.07, 6.45) is 3.77. The standard InChI is InChI=1S/C24H33N3O2S/c1-5-16(4)21(15-28)26-24(29)17-10-11-22-20(13-17)25-23(14-19-9-8-12-30-19)27(22)18(6-2)7-3/h8-13,16,18,21,28H,5-7,14-15H2,1-4H3,(H,26,29). The number of aliphatic hydroxyl groups is 1. The second-order valence-electron chi connectivity index (χ2n) is 7.98. The summed E-state index contributed by atoms with van der Waals surface area (Å²) in [5.74, 6) is 1.11. The van der Waals surface area contributed by atoms with Crippen LogP contribution in [0.4, 0.5) is 0 Å². The summed E-state index contributed by atoms with van der Waals surface area (Å²) in [4.78, 5) is 19.0. The van der Waals surface area contributed by atoms with E-state index in [1.807, 2.05) is 25.1 Å². The van der Waals surface area contributed by atoms with Gasteiger partial charge in [-0.25, -0.2) is 4.98 Å². The van der Waals surface area contributed by atoms with Gasteiger partial charge in [-0.15, -0.1) is 11.3 Å². The molecule has 2 heterocycles. The van der Waals surface area contributed by atoms with Gasteiger partial charge in [0.05, 0.1) is 23.7 Å². The van der Waals surface area contributed by atoms with Crippen LogP contribution >= 0.6 is 11.3 Å². The molecule has 0 bridgehead atoms. The van der Waals surface area contributed by atoms with Gasteiger partial charge in [-0.2, -0.15) is 0 Å². The van der Waals surface area contributed by atoms with E-state index in [0.717, 1.165) is 42.5 Å². The van der Waals surface area contributed by atoms with Crippen molar-refractivity contribution in [2.75, 3.05) is 6.61 Å². The van der Waals surface area contributed by atoms with Gasteiger partial charge in [0.2, 0.25) is 0 Å². The third-order valence-electron chi connectivity index (χ3n) is 6.09. The molecule has 3 rings (SSSR count). The molecule has 5 nitrogen and oxygen atoms in total. The number of nitrogens with zero attached hydrogens (tertiary/aromatic N) is 2. The van der Waals surface area contributed by atoms with Crippen LogP contribution in [0.1, 0.15) is 74.1 Å². The zero-order valence-corrected chi connectivity index (χ0v) is 19.2. The number of aromatic nitrogens is 2. The van der Waals surface area contributed by atoms with Crippen LogP contribution in [0.15, 0.2) is 35.7 Å². The van der Waals surface area contributed by atoms with E-state index < -0.39 is 0 Å². The molecule has 1 aromatic carbocycles. The highest BCUT2D eigenvalue weighted by Gasteiger charge is 2.21. The van der Waals surface area contributed by atoms with Crippen LogP contribution in [0.3, 0.4) is 0 Å². The number of hydrogen-bond acceptors (Lipinski definition) is 4. The Morgan fingerprint density at radius 3 is 2.57 bits per heavy atom. The van der Waals surface area contributed by atoms with Gasteiger partial charge in [-0.1, -0.05) is 40.2 Å². The van der Waals surface area contributed by atoms with Crippen LogP contribution < -0.4 is 5.32 Å². The molecule has 0 spiro atoms. The molecule has 0 saturated carbocycles. The van der Waals surface area contributed by atoms with E-state index in [9.17, 15) is 9.90 Å². The van der Waals surface area contributed by atoms with E-state index in [-0.39, 0.29) is 24.5 Å². The van der Waals surface area contributed by atoms with Gasteiger partial charge in [0.15, 0.2) is 0 Å². The maximum absolute atomic E-state index is 12.8. The Balaban J connectivity index is 1.96. The number of rotatable bonds is 10. The molecular weight excluding hydrogens is 394 g/mol. The van der Waals surface area contributed by atoms with Gasteiger partial charge in [0.25, 0.3) is 5.91 Å². The van der Waals surface area contributed by atoms with Crippen molar-refractivity contribution < 1.29 is 9.90 Å². The summed E-state index contributed by atoms with van der Waals surface area (Å²) in [6.45, 7) is 8.46. The van der Waals surface area contributed by atoms with E-state index in [0.29, 0.717) is 11.6 Å². The lowest BCUT2D eigenvalue weighted by atomic mass is 9.99. The Kier molecular flexibility index (Phi) is 7.67. The van der Waals surface area contributed by atoms with Crippen LogP contribution in [0.25, 0.3) is 11.0 Å². The average Bonchev–Trinajstić information content (AvgIpc) is 3.40. The van der Waals surface area contributed by atoms with Crippen molar-refractivity contribution in [1.29, 1.82) is 0 Å². The quantitative estimate of drug-likeness (QED) is 0.468. The summed E-state index contributed by atoms with van der Waals surface area (Å²) >= 11 is 1.74. The first-order valence-corrected chi connectivity index (χ1v) is 11.8. The van der Waals surface area contributed by atoms with Crippen molar-refractivity contribution in [3.8, 4) is 0 Å². The van der Waals surface area contributed by atoms with Crippen molar-refractivity contribution in [2.24, 2.45) is 5.92 Å².